The molecular weight excluding hydrogens is 466 g/mol. The molecule has 6 rings (SSSR count). The molecule has 4 heterocycles. The van der Waals surface area contributed by atoms with Crippen LogP contribution in [0.1, 0.15) is 38.5 Å². The molecule has 8 nitrogen and oxygen atoms in total. The summed E-state index contributed by atoms with van der Waals surface area (Å²) in [5.41, 5.74) is 2.12. The Morgan fingerprint density at radius 1 is 1.06 bits per heavy atom. The lowest BCUT2D eigenvalue weighted by molar-refractivity contribution is 0.103. The van der Waals surface area contributed by atoms with Crippen LogP contribution in [0.4, 0.5) is 14.7 Å². The fourth-order valence-electron chi connectivity index (χ4n) is 5.55. The molecule has 2 bridgehead atoms. The minimum Gasteiger partial charge on any atom is -0.507 e. The van der Waals surface area contributed by atoms with Gasteiger partial charge in [0.25, 0.3) is 5.95 Å². The molecule has 188 valence electrons. The maximum Gasteiger partial charge on any atom is 0.255 e. The van der Waals surface area contributed by atoms with Crippen LogP contribution >= 0.6 is 0 Å². The molecule has 3 aliphatic rings. The molecular formula is C26H28F2N6O2. The van der Waals surface area contributed by atoms with Gasteiger partial charge in [0.05, 0.1) is 19.3 Å². The number of nitrogens with zero attached hydrogens (tertiary/aromatic N) is 5. The number of phenols is 1. The van der Waals surface area contributed by atoms with Crippen LogP contribution in [-0.2, 0) is 0 Å². The Morgan fingerprint density at radius 2 is 1.92 bits per heavy atom. The molecule has 10 heteroatoms. The van der Waals surface area contributed by atoms with Crippen molar-refractivity contribution in [3.8, 4) is 33.9 Å². The second-order valence-corrected chi connectivity index (χ2v) is 9.88. The number of benzene rings is 1. The first-order chi connectivity index (χ1) is 17.5. The minimum absolute atomic E-state index is 0.0197. The predicted molar refractivity (Wildman–Crippen MR) is 130 cm³/mol. The number of anilines is 1. The highest BCUT2D eigenvalue weighted by Crippen LogP contribution is 2.39. The van der Waals surface area contributed by atoms with Gasteiger partial charge in [-0.25, -0.2) is 14.4 Å². The van der Waals surface area contributed by atoms with Gasteiger partial charge in [-0.1, -0.05) is 12.5 Å². The Kier molecular flexibility index (Phi) is 5.91. The molecule has 0 amide bonds. The molecule has 2 N–H and O–H groups in total. The zero-order valence-corrected chi connectivity index (χ0v) is 19.9. The summed E-state index contributed by atoms with van der Waals surface area (Å²) in [5.74, 6) is -0.256. The third kappa shape index (κ3) is 4.23. The Morgan fingerprint density at radius 3 is 2.64 bits per heavy atom. The lowest BCUT2D eigenvalue weighted by Crippen LogP contribution is -2.62. The molecule has 4 atom stereocenters. The van der Waals surface area contributed by atoms with Crippen LogP contribution in [-0.4, -0.2) is 62.7 Å². The van der Waals surface area contributed by atoms with Gasteiger partial charge in [0.1, 0.15) is 17.6 Å². The monoisotopic (exact) mass is 494 g/mol. The molecule has 1 saturated carbocycles. The van der Waals surface area contributed by atoms with E-state index in [0.717, 1.165) is 38.5 Å². The van der Waals surface area contributed by atoms with E-state index in [4.69, 9.17) is 4.74 Å². The lowest BCUT2D eigenvalue weighted by Gasteiger charge is -2.46. The van der Waals surface area contributed by atoms with E-state index < -0.39 is 12.1 Å². The summed E-state index contributed by atoms with van der Waals surface area (Å²) >= 11 is 0. The molecule has 2 aliphatic heterocycles. The van der Waals surface area contributed by atoms with Crippen LogP contribution in [0.5, 0.6) is 11.5 Å². The average Bonchev–Trinajstić information content (AvgIpc) is 3.73. The van der Waals surface area contributed by atoms with E-state index in [-0.39, 0.29) is 29.6 Å². The van der Waals surface area contributed by atoms with E-state index in [2.05, 4.69) is 25.5 Å². The summed E-state index contributed by atoms with van der Waals surface area (Å²) in [6, 6.07) is 6.77. The van der Waals surface area contributed by atoms with Crippen molar-refractivity contribution in [3.63, 3.8) is 0 Å². The Hall–Kier alpha value is -3.40. The molecule has 3 aromatic rings. The highest BCUT2D eigenvalue weighted by atomic mass is 19.1. The number of fused-ring (bicyclic) bond motifs is 2. The normalized spacial score (nSPS) is 25.4. The number of aromatic nitrogens is 4. The van der Waals surface area contributed by atoms with Crippen molar-refractivity contribution >= 4 is 5.95 Å². The largest absolute Gasteiger partial charge is 0.507 e. The molecule has 2 aromatic heterocycles. The predicted octanol–water partition coefficient (Wildman–Crippen LogP) is 4.04. The molecule has 36 heavy (non-hydrogen) atoms. The van der Waals surface area contributed by atoms with Crippen molar-refractivity contribution in [2.75, 3.05) is 12.0 Å². The number of hydrogen-bond acceptors (Lipinski definition) is 8. The number of hydrogen-bond donors (Lipinski definition) is 2. The van der Waals surface area contributed by atoms with Crippen molar-refractivity contribution in [2.45, 2.75) is 68.9 Å². The van der Waals surface area contributed by atoms with Gasteiger partial charge >= 0.3 is 0 Å². The molecule has 1 aromatic carbocycles. The number of phenolic OH excluding ortho intramolecular Hbond substituents is 1. The second-order valence-electron chi connectivity index (χ2n) is 9.88. The smallest absolute Gasteiger partial charge is 0.255 e. The fourth-order valence-corrected chi connectivity index (χ4v) is 5.55. The van der Waals surface area contributed by atoms with E-state index >= 15 is 4.39 Å². The molecule has 0 radical (unpaired) electrons. The molecule has 3 fully saturated rings. The number of rotatable bonds is 6. The number of piperidine rings is 2. The van der Waals surface area contributed by atoms with Crippen molar-refractivity contribution in [2.24, 2.45) is 0 Å². The summed E-state index contributed by atoms with van der Waals surface area (Å²) in [4.78, 5) is 10.3. The molecule has 1 aliphatic carbocycles. The second kappa shape index (κ2) is 9.24. The Balaban J connectivity index is 1.25. The minimum atomic E-state index is -0.971. The first-order valence-electron chi connectivity index (χ1n) is 12.4. The number of alkyl halides is 1. The quantitative estimate of drug-likeness (QED) is 0.496. The number of methoxy groups -OCH3 is 1. The summed E-state index contributed by atoms with van der Waals surface area (Å²) in [6.07, 6.45) is 7.73. The van der Waals surface area contributed by atoms with Gasteiger partial charge in [-0.15, -0.1) is 10.2 Å². The highest BCUT2D eigenvalue weighted by molar-refractivity contribution is 5.74. The van der Waals surface area contributed by atoms with Gasteiger partial charge in [0.2, 0.25) is 5.95 Å². The lowest BCUT2D eigenvalue weighted by atomic mass is 9.82. The van der Waals surface area contributed by atoms with Gasteiger partial charge in [-0.05, 0) is 55.9 Å². The number of ether oxygens (including phenoxy) is 1. The van der Waals surface area contributed by atoms with Crippen LogP contribution in [0.2, 0.25) is 0 Å². The van der Waals surface area contributed by atoms with Crippen LogP contribution in [0.15, 0.2) is 36.7 Å². The summed E-state index contributed by atoms with van der Waals surface area (Å²) in [7, 11) is 1.37. The van der Waals surface area contributed by atoms with Gasteiger partial charge in [0, 0.05) is 35.4 Å². The number of pyridine rings is 1. The van der Waals surface area contributed by atoms with E-state index in [1.807, 2.05) is 4.90 Å². The standard InChI is InChI=1S/C26H28F2N6O2/c1-36-23-10-15(12-29-25(23)28)14-5-8-18(22(35)9-14)20-13-30-26(33-32-20)34(17-6-7-17)21-11-16-3-2-4-19(31-16)24(21)27/h5,8-10,12-13,16-17,19,21,24,31,35H,2-4,6-7,11H2,1H3/t16-,19-,21+,24-/m0/s1. The number of halogens is 2. The summed E-state index contributed by atoms with van der Waals surface area (Å²) in [5, 5.41) is 22.9. The first-order valence-corrected chi connectivity index (χ1v) is 12.4. The van der Waals surface area contributed by atoms with Crippen LogP contribution in [0.25, 0.3) is 22.4 Å². The Labute approximate surface area is 207 Å². The van der Waals surface area contributed by atoms with Gasteiger partial charge < -0.3 is 20.1 Å². The third-order valence-corrected chi connectivity index (χ3v) is 7.51. The average molecular weight is 495 g/mol. The van der Waals surface area contributed by atoms with Gasteiger partial charge in [-0.2, -0.15) is 4.39 Å². The topological polar surface area (TPSA) is 96.3 Å². The fraction of sp³-hybridized carbons (Fsp3) is 0.462. The van der Waals surface area contributed by atoms with Gasteiger partial charge in [-0.3, -0.25) is 0 Å². The maximum absolute atomic E-state index is 15.4. The summed E-state index contributed by atoms with van der Waals surface area (Å²) < 4.78 is 34.1. The summed E-state index contributed by atoms with van der Waals surface area (Å²) in [6.45, 7) is 0. The molecule has 0 unspecified atom stereocenters. The van der Waals surface area contributed by atoms with Crippen molar-refractivity contribution in [1.82, 2.24) is 25.5 Å². The SMILES string of the molecule is COc1cc(-c2ccc(-c3cnc(N(C4CC4)[C@@H]4C[C@@H]5CCC[C@H](N5)[C@@H]4F)nn3)c(O)c2)cnc1F. The van der Waals surface area contributed by atoms with Crippen LogP contribution in [0.3, 0.4) is 0 Å². The molecule has 2 saturated heterocycles. The van der Waals surface area contributed by atoms with Crippen molar-refractivity contribution in [3.05, 3.63) is 42.6 Å². The third-order valence-electron chi connectivity index (χ3n) is 7.51. The number of nitrogens with one attached hydrogen (secondary N) is 1. The van der Waals surface area contributed by atoms with Crippen molar-refractivity contribution < 1.29 is 18.6 Å². The number of aromatic hydroxyl groups is 1. The van der Waals surface area contributed by atoms with E-state index in [0.29, 0.717) is 34.4 Å². The van der Waals surface area contributed by atoms with Crippen LogP contribution in [0, 0.1) is 5.95 Å². The zero-order chi connectivity index (χ0) is 24.8. The van der Waals surface area contributed by atoms with Gasteiger partial charge in [0.15, 0.2) is 5.75 Å². The zero-order valence-electron chi connectivity index (χ0n) is 19.9. The van der Waals surface area contributed by atoms with E-state index in [9.17, 15) is 9.50 Å². The first kappa shape index (κ1) is 23.0. The van der Waals surface area contributed by atoms with Crippen LogP contribution < -0.4 is 15.0 Å². The van der Waals surface area contributed by atoms with E-state index in [1.54, 1.807) is 24.4 Å². The Bertz CT molecular complexity index is 1260. The highest BCUT2D eigenvalue weighted by Gasteiger charge is 2.47. The molecule has 0 spiro atoms. The van der Waals surface area contributed by atoms with E-state index in [1.165, 1.54) is 19.4 Å². The van der Waals surface area contributed by atoms with Crippen molar-refractivity contribution in [1.29, 1.82) is 0 Å². The maximum atomic E-state index is 15.4.